The van der Waals surface area contributed by atoms with E-state index in [1.807, 2.05) is 24.3 Å². The minimum Gasteiger partial charge on any atom is -0.376 e. The maximum atomic E-state index is 12.2. The Hall–Kier alpha value is -2.89. The highest BCUT2D eigenvalue weighted by atomic mass is 16.7. The number of carbonyl (C=O) groups is 1. The first kappa shape index (κ1) is 16.0. The van der Waals surface area contributed by atoms with Gasteiger partial charge in [-0.1, -0.05) is 12.1 Å². The Bertz CT molecular complexity index is 771. The van der Waals surface area contributed by atoms with Crippen molar-refractivity contribution in [3.8, 4) is 0 Å². The molecule has 0 unspecified atom stereocenters. The Balaban J connectivity index is 1.87. The number of hydrogen-bond donors (Lipinski definition) is 1. The summed E-state index contributed by atoms with van der Waals surface area (Å²) in [6, 6.07) is 7.91. The van der Waals surface area contributed by atoms with Crippen molar-refractivity contribution in [2.75, 3.05) is 18.0 Å². The van der Waals surface area contributed by atoms with E-state index in [2.05, 4.69) is 23.7 Å². The van der Waals surface area contributed by atoms with E-state index < -0.39 is 5.91 Å². The van der Waals surface area contributed by atoms with Crippen molar-refractivity contribution in [2.45, 2.75) is 20.8 Å². The fourth-order valence-corrected chi connectivity index (χ4v) is 2.74. The molecular formula is C18H20N4O2. The van der Waals surface area contributed by atoms with E-state index in [-0.39, 0.29) is 11.4 Å². The van der Waals surface area contributed by atoms with Crippen LogP contribution in [-0.4, -0.2) is 35.7 Å². The number of nitrogens with zero attached hydrogens (tertiary/aromatic N) is 3. The minimum absolute atomic E-state index is 0.00548. The molecule has 0 bridgehead atoms. The fourth-order valence-electron chi connectivity index (χ4n) is 2.74. The van der Waals surface area contributed by atoms with Crippen LogP contribution >= 0.6 is 0 Å². The number of aliphatic imine (C=N–C) groups is 1. The zero-order valence-electron chi connectivity index (χ0n) is 14.0. The van der Waals surface area contributed by atoms with Gasteiger partial charge in [-0.2, -0.15) is 4.99 Å². The van der Waals surface area contributed by atoms with Gasteiger partial charge in [0.25, 0.3) is 5.91 Å². The van der Waals surface area contributed by atoms with E-state index in [1.165, 1.54) is 5.06 Å². The molecule has 0 saturated carbocycles. The van der Waals surface area contributed by atoms with E-state index in [1.54, 1.807) is 19.1 Å². The number of amides is 1. The predicted molar refractivity (Wildman–Crippen MR) is 94.8 cm³/mol. The number of nitrogens with one attached hydrogen (secondary N) is 1. The zero-order valence-corrected chi connectivity index (χ0v) is 14.0. The smallest absolute Gasteiger partial charge is 0.282 e. The first-order chi connectivity index (χ1) is 11.5. The molecule has 2 aliphatic rings. The standard InChI is InChI=1S/C18H20N4O2/c1-4-21(5-2)14-8-6-13(7-9-14)11-15-17(19)22-16(20-18(15)23)10-12(3)24-22/h6-11,19H,4-5H2,1-3H3/b15-11+,19-17?. The van der Waals surface area contributed by atoms with Crippen LogP contribution in [-0.2, 0) is 9.63 Å². The van der Waals surface area contributed by atoms with Crippen LogP contribution in [0.3, 0.4) is 0 Å². The molecule has 1 amide bonds. The first-order valence-electron chi connectivity index (χ1n) is 7.98. The van der Waals surface area contributed by atoms with Gasteiger partial charge in [-0.15, -0.1) is 5.06 Å². The molecule has 124 valence electrons. The summed E-state index contributed by atoms with van der Waals surface area (Å²) < 4.78 is 0. The summed E-state index contributed by atoms with van der Waals surface area (Å²) in [5.41, 5.74) is 2.20. The van der Waals surface area contributed by atoms with Crippen molar-refractivity contribution in [2.24, 2.45) is 4.99 Å². The van der Waals surface area contributed by atoms with Crippen LogP contribution in [0.1, 0.15) is 26.3 Å². The molecule has 0 aromatic heterocycles. The Kier molecular flexibility index (Phi) is 4.20. The van der Waals surface area contributed by atoms with Gasteiger partial charge in [0.2, 0.25) is 0 Å². The lowest BCUT2D eigenvalue weighted by Crippen LogP contribution is -2.38. The molecule has 1 aromatic carbocycles. The maximum absolute atomic E-state index is 12.2. The van der Waals surface area contributed by atoms with Crippen molar-refractivity contribution >= 4 is 29.3 Å². The average molecular weight is 324 g/mol. The number of anilines is 1. The lowest BCUT2D eigenvalue weighted by atomic mass is 10.1. The Morgan fingerprint density at radius 1 is 1.25 bits per heavy atom. The Morgan fingerprint density at radius 3 is 2.54 bits per heavy atom. The van der Waals surface area contributed by atoms with E-state index >= 15 is 0 Å². The van der Waals surface area contributed by atoms with Crippen LogP contribution in [0.5, 0.6) is 0 Å². The normalized spacial score (nSPS) is 18.3. The van der Waals surface area contributed by atoms with Crippen LogP contribution < -0.4 is 4.90 Å². The second-order valence-electron chi connectivity index (χ2n) is 5.59. The number of amidine groups is 2. The molecule has 1 N–H and O–H groups in total. The monoisotopic (exact) mass is 324 g/mol. The quantitative estimate of drug-likeness (QED) is 0.865. The van der Waals surface area contributed by atoms with E-state index in [0.717, 1.165) is 24.3 Å². The number of fused-ring (bicyclic) bond motifs is 1. The SMILES string of the molecule is CCN(CC)c1ccc(/C=C2\C(=N)N3OC(C)=CC3=NC2=O)cc1. The highest BCUT2D eigenvalue weighted by Gasteiger charge is 2.34. The highest BCUT2D eigenvalue weighted by molar-refractivity contribution is 6.32. The zero-order chi connectivity index (χ0) is 17.3. The third kappa shape index (κ3) is 2.82. The van der Waals surface area contributed by atoms with Crippen LogP contribution in [0.25, 0.3) is 6.08 Å². The summed E-state index contributed by atoms with van der Waals surface area (Å²) in [7, 11) is 0. The Labute approximate surface area is 141 Å². The predicted octanol–water partition coefficient (Wildman–Crippen LogP) is 2.98. The third-order valence-corrected chi connectivity index (χ3v) is 4.01. The third-order valence-electron chi connectivity index (χ3n) is 4.01. The number of rotatable bonds is 4. The largest absolute Gasteiger partial charge is 0.376 e. The van der Waals surface area contributed by atoms with Gasteiger partial charge in [0, 0.05) is 24.9 Å². The summed E-state index contributed by atoms with van der Waals surface area (Å²) in [6.45, 7) is 7.87. The lowest BCUT2D eigenvalue weighted by molar-refractivity contribution is -0.114. The number of hydrogen-bond acceptors (Lipinski definition) is 4. The summed E-state index contributed by atoms with van der Waals surface area (Å²) in [5.74, 6) is 0.548. The summed E-state index contributed by atoms with van der Waals surface area (Å²) in [5, 5.41) is 9.47. The van der Waals surface area contributed by atoms with Crippen LogP contribution in [0.15, 0.2) is 46.7 Å². The number of allylic oxidation sites excluding steroid dienone is 1. The molecule has 0 fully saturated rings. The average Bonchev–Trinajstić information content (AvgIpc) is 2.94. The fraction of sp³-hybridized carbons (Fsp3) is 0.278. The van der Waals surface area contributed by atoms with Gasteiger partial charge in [0.15, 0.2) is 11.7 Å². The maximum Gasteiger partial charge on any atom is 0.282 e. The summed E-state index contributed by atoms with van der Waals surface area (Å²) in [4.78, 5) is 23.8. The molecule has 24 heavy (non-hydrogen) atoms. The molecule has 6 nitrogen and oxygen atoms in total. The molecule has 0 atom stereocenters. The number of carbonyl (C=O) groups excluding carboxylic acids is 1. The van der Waals surface area contributed by atoms with Crippen molar-refractivity contribution in [3.63, 3.8) is 0 Å². The van der Waals surface area contributed by atoms with Crippen LogP contribution in [0, 0.1) is 5.41 Å². The number of benzene rings is 1. The van der Waals surface area contributed by atoms with Crippen LogP contribution in [0.2, 0.25) is 0 Å². The minimum atomic E-state index is -0.423. The van der Waals surface area contributed by atoms with Gasteiger partial charge < -0.3 is 9.74 Å². The van der Waals surface area contributed by atoms with Gasteiger partial charge in [-0.25, -0.2) is 0 Å². The first-order valence-corrected chi connectivity index (χ1v) is 7.98. The Morgan fingerprint density at radius 2 is 1.92 bits per heavy atom. The molecular weight excluding hydrogens is 304 g/mol. The van der Waals surface area contributed by atoms with E-state index in [0.29, 0.717) is 11.6 Å². The van der Waals surface area contributed by atoms with E-state index in [4.69, 9.17) is 10.2 Å². The van der Waals surface area contributed by atoms with Crippen molar-refractivity contribution in [1.82, 2.24) is 5.06 Å². The molecule has 2 heterocycles. The molecule has 6 heteroatoms. The molecule has 0 radical (unpaired) electrons. The number of hydroxylamine groups is 2. The molecule has 0 saturated heterocycles. The van der Waals surface area contributed by atoms with Crippen molar-refractivity contribution in [3.05, 3.63) is 47.2 Å². The van der Waals surface area contributed by atoms with Gasteiger partial charge in [-0.05, 0) is 44.5 Å². The van der Waals surface area contributed by atoms with E-state index in [9.17, 15) is 4.79 Å². The molecule has 1 aromatic rings. The molecule has 3 rings (SSSR count). The molecule has 2 aliphatic heterocycles. The van der Waals surface area contributed by atoms with Gasteiger partial charge in [0.1, 0.15) is 5.76 Å². The van der Waals surface area contributed by atoms with Gasteiger partial charge in [-0.3, -0.25) is 10.2 Å². The molecule has 0 spiro atoms. The summed E-state index contributed by atoms with van der Waals surface area (Å²) in [6.07, 6.45) is 3.32. The topological polar surface area (TPSA) is 69.0 Å². The van der Waals surface area contributed by atoms with Crippen LogP contribution in [0.4, 0.5) is 5.69 Å². The van der Waals surface area contributed by atoms with Crippen molar-refractivity contribution < 1.29 is 9.63 Å². The van der Waals surface area contributed by atoms with Crippen molar-refractivity contribution in [1.29, 1.82) is 5.41 Å². The highest BCUT2D eigenvalue weighted by Crippen LogP contribution is 2.24. The second kappa shape index (κ2) is 6.31. The second-order valence-corrected chi connectivity index (χ2v) is 5.59. The summed E-state index contributed by atoms with van der Waals surface area (Å²) >= 11 is 0. The molecule has 0 aliphatic carbocycles. The van der Waals surface area contributed by atoms with Gasteiger partial charge in [0.05, 0.1) is 5.57 Å². The van der Waals surface area contributed by atoms with Gasteiger partial charge >= 0.3 is 0 Å². The lowest BCUT2D eigenvalue weighted by Gasteiger charge is -2.23.